The van der Waals surface area contributed by atoms with Gasteiger partial charge in [-0.05, 0) is 23.6 Å². The highest BCUT2D eigenvalue weighted by molar-refractivity contribution is 7.08. The minimum Gasteiger partial charge on any atom is -0.293 e. The average Bonchev–Trinajstić information content (AvgIpc) is 3.16. The summed E-state index contributed by atoms with van der Waals surface area (Å²) in [6.45, 7) is 7.07. The van der Waals surface area contributed by atoms with Gasteiger partial charge in [-0.1, -0.05) is 19.9 Å². The molecule has 25 heavy (non-hydrogen) atoms. The number of aromatic nitrogens is 3. The SMILES string of the molecule is CC(C)c1ncc2c(n1)CCN(Cc1cccc(-c3ccsc3)n1)C2. The molecule has 0 N–H and O–H groups in total. The molecule has 0 saturated carbocycles. The van der Waals surface area contributed by atoms with Gasteiger partial charge in [-0.2, -0.15) is 11.3 Å². The minimum absolute atomic E-state index is 0.382. The first-order chi connectivity index (χ1) is 12.2. The summed E-state index contributed by atoms with van der Waals surface area (Å²) in [5, 5.41) is 4.24. The largest absolute Gasteiger partial charge is 0.293 e. The summed E-state index contributed by atoms with van der Waals surface area (Å²) in [5.74, 6) is 1.34. The summed E-state index contributed by atoms with van der Waals surface area (Å²) < 4.78 is 0. The standard InChI is InChI=1S/C20H22N4S/c1-14(2)20-21-10-16-11-24(8-6-19(16)23-20)12-17-4-3-5-18(22-17)15-7-9-25-13-15/h3-5,7,9-10,13-14H,6,8,11-12H2,1-2H3. The van der Waals surface area contributed by atoms with E-state index in [0.29, 0.717) is 5.92 Å². The molecule has 4 rings (SSSR count). The summed E-state index contributed by atoms with van der Waals surface area (Å²) in [6, 6.07) is 8.42. The van der Waals surface area contributed by atoms with Crippen molar-refractivity contribution in [2.75, 3.05) is 6.54 Å². The number of fused-ring (bicyclic) bond motifs is 1. The molecular weight excluding hydrogens is 328 g/mol. The van der Waals surface area contributed by atoms with Crippen LogP contribution >= 0.6 is 11.3 Å². The van der Waals surface area contributed by atoms with E-state index >= 15 is 0 Å². The Kier molecular flexibility index (Phi) is 4.59. The maximum atomic E-state index is 4.84. The van der Waals surface area contributed by atoms with E-state index in [9.17, 15) is 0 Å². The second-order valence-corrected chi connectivity index (χ2v) is 7.62. The molecule has 0 amide bonds. The lowest BCUT2D eigenvalue weighted by molar-refractivity contribution is 0.239. The molecule has 0 atom stereocenters. The van der Waals surface area contributed by atoms with E-state index in [1.807, 2.05) is 6.20 Å². The van der Waals surface area contributed by atoms with Crippen LogP contribution < -0.4 is 0 Å². The molecule has 3 aromatic heterocycles. The number of pyridine rings is 1. The van der Waals surface area contributed by atoms with Crippen molar-refractivity contribution in [3.63, 3.8) is 0 Å². The maximum Gasteiger partial charge on any atom is 0.131 e. The number of hydrogen-bond acceptors (Lipinski definition) is 5. The van der Waals surface area contributed by atoms with Crippen LogP contribution in [0.1, 0.15) is 42.5 Å². The van der Waals surface area contributed by atoms with Gasteiger partial charge in [0, 0.05) is 60.4 Å². The molecule has 3 aromatic rings. The van der Waals surface area contributed by atoms with Crippen molar-refractivity contribution in [3.8, 4) is 11.3 Å². The zero-order valence-electron chi connectivity index (χ0n) is 14.6. The summed E-state index contributed by atoms with van der Waals surface area (Å²) in [7, 11) is 0. The number of rotatable bonds is 4. The highest BCUT2D eigenvalue weighted by Crippen LogP contribution is 2.23. The molecule has 0 bridgehead atoms. The van der Waals surface area contributed by atoms with E-state index < -0.39 is 0 Å². The second kappa shape index (κ2) is 7.02. The van der Waals surface area contributed by atoms with Crippen LogP contribution in [0.2, 0.25) is 0 Å². The summed E-state index contributed by atoms with van der Waals surface area (Å²) >= 11 is 1.71. The number of thiophene rings is 1. The Morgan fingerprint density at radius 3 is 2.92 bits per heavy atom. The molecule has 4 nitrogen and oxygen atoms in total. The third-order valence-electron chi connectivity index (χ3n) is 4.56. The van der Waals surface area contributed by atoms with Crippen molar-refractivity contribution < 1.29 is 0 Å². The van der Waals surface area contributed by atoms with E-state index in [1.54, 1.807) is 11.3 Å². The normalized spacial score (nSPS) is 14.7. The predicted molar refractivity (Wildman–Crippen MR) is 101 cm³/mol. The smallest absolute Gasteiger partial charge is 0.131 e. The van der Waals surface area contributed by atoms with Crippen LogP contribution in [0.4, 0.5) is 0 Å². The molecule has 0 spiro atoms. The Bertz CT molecular complexity index is 858. The third-order valence-corrected chi connectivity index (χ3v) is 5.24. The molecule has 0 unspecified atom stereocenters. The highest BCUT2D eigenvalue weighted by Gasteiger charge is 2.19. The third kappa shape index (κ3) is 3.62. The molecule has 4 heterocycles. The fourth-order valence-corrected chi connectivity index (χ4v) is 3.82. The van der Waals surface area contributed by atoms with Crippen LogP contribution in [0.3, 0.4) is 0 Å². The summed E-state index contributed by atoms with van der Waals surface area (Å²) in [4.78, 5) is 16.5. The summed E-state index contributed by atoms with van der Waals surface area (Å²) in [5.41, 5.74) is 5.85. The van der Waals surface area contributed by atoms with E-state index in [2.05, 4.69) is 58.8 Å². The lowest BCUT2D eigenvalue weighted by Crippen LogP contribution is -2.31. The first kappa shape index (κ1) is 16.4. The molecule has 0 aliphatic carbocycles. The molecular formula is C20H22N4S. The van der Waals surface area contributed by atoms with E-state index in [4.69, 9.17) is 9.97 Å². The van der Waals surface area contributed by atoms with Gasteiger partial charge in [-0.15, -0.1) is 0 Å². The molecule has 128 valence electrons. The van der Waals surface area contributed by atoms with Crippen LogP contribution in [-0.4, -0.2) is 26.4 Å². The Labute approximate surface area is 152 Å². The summed E-state index contributed by atoms with van der Waals surface area (Å²) in [6.07, 6.45) is 3.00. The van der Waals surface area contributed by atoms with Crippen molar-refractivity contribution >= 4 is 11.3 Å². The second-order valence-electron chi connectivity index (χ2n) is 6.84. The van der Waals surface area contributed by atoms with Crippen molar-refractivity contribution in [2.24, 2.45) is 0 Å². The van der Waals surface area contributed by atoms with Crippen molar-refractivity contribution in [1.82, 2.24) is 19.9 Å². The van der Waals surface area contributed by atoms with Crippen molar-refractivity contribution in [1.29, 1.82) is 0 Å². The van der Waals surface area contributed by atoms with Crippen LogP contribution in [0.5, 0.6) is 0 Å². The monoisotopic (exact) mass is 350 g/mol. The van der Waals surface area contributed by atoms with Gasteiger partial charge in [0.05, 0.1) is 11.4 Å². The van der Waals surface area contributed by atoms with Gasteiger partial charge in [-0.3, -0.25) is 9.88 Å². The Hall–Kier alpha value is -2.11. The average molecular weight is 350 g/mol. The molecule has 1 aliphatic heterocycles. The molecule has 0 radical (unpaired) electrons. The zero-order chi connectivity index (χ0) is 17.2. The first-order valence-electron chi connectivity index (χ1n) is 8.74. The first-order valence-corrected chi connectivity index (χ1v) is 9.69. The Balaban J connectivity index is 1.49. The zero-order valence-corrected chi connectivity index (χ0v) is 15.5. The van der Waals surface area contributed by atoms with Crippen LogP contribution in [0.25, 0.3) is 11.3 Å². The lowest BCUT2D eigenvalue weighted by Gasteiger charge is -2.28. The van der Waals surface area contributed by atoms with Gasteiger partial charge in [0.15, 0.2) is 0 Å². The van der Waals surface area contributed by atoms with Gasteiger partial charge in [0.2, 0.25) is 0 Å². The predicted octanol–water partition coefficient (Wildman–Crippen LogP) is 4.28. The molecule has 5 heteroatoms. The van der Waals surface area contributed by atoms with Crippen molar-refractivity contribution in [3.05, 3.63) is 64.0 Å². The van der Waals surface area contributed by atoms with E-state index in [1.165, 1.54) is 16.8 Å². The minimum atomic E-state index is 0.382. The molecule has 1 aliphatic rings. The van der Waals surface area contributed by atoms with Gasteiger partial charge in [-0.25, -0.2) is 9.97 Å². The Morgan fingerprint density at radius 1 is 1.20 bits per heavy atom. The van der Waals surface area contributed by atoms with E-state index in [0.717, 1.165) is 43.3 Å². The van der Waals surface area contributed by atoms with E-state index in [-0.39, 0.29) is 0 Å². The molecule has 0 aromatic carbocycles. The topological polar surface area (TPSA) is 41.9 Å². The van der Waals surface area contributed by atoms with Gasteiger partial charge in [0.1, 0.15) is 5.82 Å². The van der Waals surface area contributed by atoms with Gasteiger partial charge < -0.3 is 0 Å². The number of nitrogens with zero attached hydrogens (tertiary/aromatic N) is 4. The van der Waals surface area contributed by atoms with Crippen LogP contribution in [-0.2, 0) is 19.5 Å². The number of hydrogen-bond donors (Lipinski definition) is 0. The Morgan fingerprint density at radius 2 is 2.12 bits per heavy atom. The highest BCUT2D eigenvalue weighted by atomic mass is 32.1. The van der Waals surface area contributed by atoms with Gasteiger partial charge in [0.25, 0.3) is 0 Å². The van der Waals surface area contributed by atoms with Crippen molar-refractivity contribution in [2.45, 2.75) is 39.3 Å². The fourth-order valence-electron chi connectivity index (χ4n) is 3.17. The quantitative estimate of drug-likeness (QED) is 0.704. The lowest BCUT2D eigenvalue weighted by atomic mass is 10.1. The molecule has 0 saturated heterocycles. The maximum absolute atomic E-state index is 4.84. The molecule has 0 fully saturated rings. The van der Waals surface area contributed by atoms with Gasteiger partial charge >= 0.3 is 0 Å². The fraction of sp³-hybridized carbons (Fsp3) is 0.350. The van der Waals surface area contributed by atoms with Crippen LogP contribution in [0, 0.1) is 0 Å². The van der Waals surface area contributed by atoms with Crippen LogP contribution in [0.15, 0.2) is 41.2 Å².